The molecule has 1 heterocycles. The largest absolute Gasteiger partial charge is 0.491 e. The SMILES string of the molecule is CCNC(=NCc1ccc(OC(C)C)cc1)NC(C)c1nc(C)c(C(=O)OCC)s1. The number of carbonyl (C=O) groups excluding carboxylic acids is 1. The first-order valence-electron chi connectivity index (χ1n) is 10.3. The Bertz CT molecular complexity index is 847. The lowest BCUT2D eigenvalue weighted by Gasteiger charge is -2.16. The molecule has 0 amide bonds. The smallest absolute Gasteiger partial charge is 0.350 e. The number of nitrogens with one attached hydrogen (secondary N) is 2. The van der Waals surface area contributed by atoms with E-state index in [9.17, 15) is 4.79 Å². The van der Waals surface area contributed by atoms with E-state index in [1.807, 2.05) is 58.9 Å². The molecule has 1 aromatic heterocycles. The number of hydrogen-bond donors (Lipinski definition) is 2. The summed E-state index contributed by atoms with van der Waals surface area (Å²) in [6, 6.07) is 7.86. The second-order valence-electron chi connectivity index (χ2n) is 7.06. The summed E-state index contributed by atoms with van der Waals surface area (Å²) in [6.07, 6.45) is 0.152. The molecule has 0 aliphatic heterocycles. The van der Waals surface area contributed by atoms with E-state index in [1.54, 1.807) is 6.92 Å². The van der Waals surface area contributed by atoms with Crippen molar-refractivity contribution in [2.24, 2.45) is 4.99 Å². The predicted molar refractivity (Wildman–Crippen MR) is 121 cm³/mol. The Kier molecular flexibility index (Phi) is 9.11. The molecule has 8 heteroatoms. The van der Waals surface area contributed by atoms with Crippen molar-refractivity contribution in [3.05, 3.63) is 45.4 Å². The van der Waals surface area contributed by atoms with Crippen molar-refractivity contribution in [3.8, 4) is 5.75 Å². The fourth-order valence-electron chi connectivity index (χ4n) is 2.69. The van der Waals surface area contributed by atoms with Crippen molar-refractivity contribution in [2.75, 3.05) is 13.2 Å². The van der Waals surface area contributed by atoms with Gasteiger partial charge in [0.2, 0.25) is 0 Å². The maximum atomic E-state index is 12.1. The zero-order valence-corrected chi connectivity index (χ0v) is 19.4. The third-order valence-corrected chi connectivity index (χ3v) is 5.38. The lowest BCUT2D eigenvalue weighted by Crippen LogP contribution is -2.38. The van der Waals surface area contributed by atoms with E-state index in [0.717, 1.165) is 22.9 Å². The molecule has 1 aromatic carbocycles. The van der Waals surface area contributed by atoms with Gasteiger partial charge in [-0.2, -0.15) is 0 Å². The first kappa shape index (κ1) is 23.7. The van der Waals surface area contributed by atoms with E-state index in [4.69, 9.17) is 9.47 Å². The highest BCUT2D eigenvalue weighted by molar-refractivity contribution is 7.13. The molecular weight excluding hydrogens is 400 g/mol. The minimum atomic E-state index is -0.323. The molecule has 30 heavy (non-hydrogen) atoms. The molecule has 0 saturated heterocycles. The standard InChI is InChI=1S/C22H32N4O3S/c1-7-23-22(24-13-17-9-11-18(12-10-17)29-14(3)4)26-16(6)20-25-15(5)19(30-20)21(27)28-8-2/h9-12,14,16H,7-8,13H2,1-6H3,(H2,23,24,26). The summed E-state index contributed by atoms with van der Waals surface area (Å²) < 4.78 is 10.8. The Morgan fingerprint density at radius 3 is 2.50 bits per heavy atom. The molecule has 7 nitrogen and oxygen atoms in total. The Morgan fingerprint density at radius 1 is 1.20 bits per heavy atom. The van der Waals surface area contributed by atoms with Crippen molar-refractivity contribution in [3.63, 3.8) is 0 Å². The topological polar surface area (TPSA) is 84.8 Å². The highest BCUT2D eigenvalue weighted by atomic mass is 32.1. The van der Waals surface area contributed by atoms with E-state index in [0.29, 0.717) is 29.7 Å². The van der Waals surface area contributed by atoms with Gasteiger partial charge in [-0.3, -0.25) is 0 Å². The molecule has 0 saturated carbocycles. The minimum absolute atomic E-state index is 0.100. The number of guanidine groups is 1. The van der Waals surface area contributed by atoms with Crippen LogP contribution in [0.25, 0.3) is 0 Å². The van der Waals surface area contributed by atoms with Crippen molar-refractivity contribution >= 4 is 23.3 Å². The number of aromatic nitrogens is 1. The number of ether oxygens (including phenoxy) is 2. The molecule has 0 fully saturated rings. The number of aryl methyl sites for hydroxylation is 1. The third kappa shape index (κ3) is 7.02. The quantitative estimate of drug-likeness (QED) is 0.350. The van der Waals surface area contributed by atoms with Crippen molar-refractivity contribution in [1.29, 1.82) is 0 Å². The minimum Gasteiger partial charge on any atom is -0.491 e. The summed E-state index contributed by atoms with van der Waals surface area (Å²) in [4.78, 5) is 21.8. The number of rotatable bonds is 9. The average Bonchev–Trinajstić information content (AvgIpc) is 3.09. The molecule has 2 N–H and O–H groups in total. The number of nitrogens with zero attached hydrogens (tertiary/aromatic N) is 2. The van der Waals surface area contributed by atoms with Gasteiger partial charge in [-0.15, -0.1) is 11.3 Å². The number of esters is 1. The zero-order chi connectivity index (χ0) is 22.1. The van der Waals surface area contributed by atoms with Crippen LogP contribution in [-0.4, -0.2) is 36.2 Å². The normalized spacial score (nSPS) is 12.6. The van der Waals surface area contributed by atoms with Gasteiger partial charge in [0.15, 0.2) is 5.96 Å². The van der Waals surface area contributed by atoms with Gasteiger partial charge in [-0.25, -0.2) is 14.8 Å². The van der Waals surface area contributed by atoms with Crippen molar-refractivity contribution in [1.82, 2.24) is 15.6 Å². The molecule has 0 aliphatic rings. The van der Waals surface area contributed by atoms with Gasteiger partial charge in [0.1, 0.15) is 15.6 Å². The molecule has 1 atom stereocenters. The Labute approximate surface area is 182 Å². The summed E-state index contributed by atoms with van der Waals surface area (Å²) in [5, 5.41) is 7.43. The molecule has 0 aliphatic carbocycles. The summed E-state index contributed by atoms with van der Waals surface area (Å²) >= 11 is 1.35. The van der Waals surface area contributed by atoms with Crippen LogP contribution in [0.15, 0.2) is 29.3 Å². The predicted octanol–water partition coefficient (Wildman–Crippen LogP) is 4.23. The number of carbonyl (C=O) groups is 1. The van der Waals surface area contributed by atoms with E-state index in [-0.39, 0.29) is 18.1 Å². The molecule has 0 spiro atoms. The Morgan fingerprint density at radius 2 is 1.90 bits per heavy atom. The van der Waals surface area contributed by atoms with Gasteiger partial charge in [0.05, 0.1) is 31.0 Å². The number of aliphatic imine (C=N–C) groups is 1. The van der Waals surface area contributed by atoms with Crippen LogP contribution in [0, 0.1) is 6.92 Å². The summed E-state index contributed by atoms with van der Waals surface area (Å²) in [5.41, 5.74) is 1.78. The summed E-state index contributed by atoms with van der Waals surface area (Å²) in [7, 11) is 0. The first-order chi connectivity index (χ1) is 14.3. The first-order valence-corrected chi connectivity index (χ1v) is 11.1. The van der Waals surface area contributed by atoms with Gasteiger partial charge in [-0.05, 0) is 59.2 Å². The van der Waals surface area contributed by atoms with Gasteiger partial charge >= 0.3 is 5.97 Å². The van der Waals surface area contributed by atoms with Gasteiger partial charge in [0.25, 0.3) is 0 Å². The number of benzene rings is 1. The number of thiazole rings is 1. The van der Waals surface area contributed by atoms with Gasteiger partial charge in [0, 0.05) is 6.54 Å². The van der Waals surface area contributed by atoms with Crippen LogP contribution in [0.5, 0.6) is 5.75 Å². The van der Waals surface area contributed by atoms with E-state index in [1.165, 1.54) is 11.3 Å². The monoisotopic (exact) mass is 432 g/mol. The Balaban J connectivity index is 2.05. The molecule has 2 rings (SSSR count). The van der Waals surface area contributed by atoms with Crippen LogP contribution in [0.2, 0.25) is 0 Å². The van der Waals surface area contributed by atoms with E-state index in [2.05, 4.69) is 20.6 Å². The molecule has 1 unspecified atom stereocenters. The van der Waals surface area contributed by atoms with Gasteiger partial charge < -0.3 is 20.1 Å². The maximum absolute atomic E-state index is 12.1. The third-order valence-electron chi connectivity index (χ3n) is 4.06. The summed E-state index contributed by atoms with van der Waals surface area (Å²) in [6.45, 7) is 13.3. The maximum Gasteiger partial charge on any atom is 0.350 e. The fraction of sp³-hybridized carbons (Fsp3) is 0.500. The number of hydrogen-bond acceptors (Lipinski definition) is 6. The van der Waals surface area contributed by atoms with Crippen LogP contribution in [0.1, 0.15) is 66.6 Å². The molecule has 164 valence electrons. The lowest BCUT2D eigenvalue weighted by atomic mass is 10.2. The molecule has 0 bridgehead atoms. The van der Waals surface area contributed by atoms with Crippen molar-refractivity contribution < 1.29 is 14.3 Å². The molecule has 2 aromatic rings. The van der Waals surface area contributed by atoms with Crippen LogP contribution >= 0.6 is 11.3 Å². The van der Waals surface area contributed by atoms with Crippen molar-refractivity contribution in [2.45, 2.75) is 60.2 Å². The van der Waals surface area contributed by atoms with E-state index < -0.39 is 0 Å². The molecular formula is C22H32N4O3S. The second kappa shape index (κ2) is 11.5. The van der Waals surface area contributed by atoms with Crippen LogP contribution in [-0.2, 0) is 11.3 Å². The molecule has 0 radical (unpaired) electrons. The van der Waals surface area contributed by atoms with Crippen LogP contribution < -0.4 is 15.4 Å². The van der Waals surface area contributed by atoms with Crippen LogP contribution in [0.4, 0.5) is 0 Å². The Hall–Kier alpha value is -2.61. The fourth-order valence-corrected chi connectivity index (χ4v) is 3.65. The zero-order valence-electron chi connectivity index (χ0n) is 18.6. The van der Waals surface area contributed by atoms with E-state index >= 15 is 0 Å². The van der Waals surface area contributed by atoms with Gasteiger partial charge in [-0.1, -0.05) is 12.1 Å². The highest BCUT2D eigenvalue weighted by Gasteiger charge is 2.20. The lowest BCUT2D eigenvalue weighted by molar-refractivity contribution is 0.0531. The second-order valence-corrected chi connectivity index (χ2v) is 8.09. The highest BCUT2D eigenvalue weighted by Crippen LogP contribution is 2.24. The summed E-state index contributed by atoms with van der Waals surface area (Å²) in [5.74, 6) is 1.22. The van der Waals surface area contributed by atoms with Crippen LogP contribution in [0.3, 0.4) is 0 Å². The average molecular weight is 433 g/mol.